The first-order chi connectivity index (χ1) is 7.42. The zero-order valence-electron chi connectivity index (χ0n) is 7.87. The van der Waals surface area contributed by atoms with Crippen molar-refractivity contribution in [2.24, 2.45) is 5.84 Å². The fraction of sp³-hybridized carbons (Fsp3) is 0.429. The first-order valence-electron chi connectivity index (χ1n) is 4.03. The van der Waals surface area contributed by atoms with Gasteiger partial charge >= 0.3 is 6.18 Å². The van der Waals surface area contributed by atoms with Crippen molar-refractivity contribution in [2.45, 2.75) is 12.8 Å². The number of nitrogens with two attached hydrogens (primary N) is 1. The van der Waals surface area contributed by atoms with Crippen molar-refractivity contribution in [1.29, 1.82) is 0 Å². The van der Waals surface area contributed by atoms with Crippen molar-refractivity contribution in [3.8, 4) is 0 Å². The molecule has 1 aromatic heterocycles. The first-order valence-corrected chi connectivity index (χ1v) is 4.03. The Morgan fingerprint density at radius 2 is 2.31 bits per heavy atom. The Balaban J connectivity index is 2.44. The summed E-state index contributed by atoms with van der Waals surface area (Å²) in [5.41, 5.74) is 1.66. The summed E-state index contributed by atoms with van der Waals surface area (Å²) < 4.78 is 43.9. The van der Waals surface area contributed by atoms with E-state index < -0.39 is 25.3 Å². The molecule has 0 aliphatic heterocycles. The molecule has 0 aliphatic rings. The summed E-state index contributed by atoms with van der Waals surface area (Å²) in [7, 11) is 0. The maximum Gasteiger partial charge on any atom is 0.411 e. The van der Waals surface area contributed by atoms with Gasteiger partial charge in [0.25, 0.3) is 5.91 Å². The van der Waals surface area contributed by atoms with E-state index in [-0.39, 0.29) is 11.5 Å². The van der Waals surface area contributed by atoms with Crippen LogP contribution >= 0.6 is 0 Å². The fourth-order valence-corrected chi connectivity index (χ4v) is 0.829. The Morgan fingerprint density at radius 3 is 2.88 bits per heavy atom. The summed E-state index contributed by atoms with van der Waals surface area (Å²) in [4.78, 5) is 10.9. The van der Waals surface area contributed by atoms with Crippen LogP contribution in [0.1, 0.15) is 16.2 Å². The van der Waals surface area contributed by atoms with Gasteiger partial charge < -0.3 is 9.26 Å². The van der Waals surface area contributed by atoms with Gasteiger partial charge in [0.1, 0.15) is 13.2 Å². The molecule has 9 heteroatoms. The van der Waals surface area contributed by atoms with E-state index in [1.165, 1.54) is 0 Å². The van der Waals surface area contributed by atoms with Crippen molar-refractivity contribution in [3.05, 3.63) is 17.5 Å². The zero-order valence-corrected chi connectivity index (χ0v) is 7.87. The Kier molecular flexibility index (Phi) is 3.85. The number of hydrogen-bond donors (Lipinski definition) is 2. The molecule has 0 saturated heterocycles. The number of rotatable bonds is 4. The number of ether oxygens (including phenoxy) is 1. The number of nitrogens with zero attached hydrogens (tertiary/aromatic N) is 1. The molecule has 90 valence electrons. The predicted molar refractivity (Wildman–Crippen MR) is 43.9 cm³/mol. The van der Waals surface area contributed by atoms with Crippen LogP contribution in [0.15, 0.2) is 10.6 Å². The highest BCUT2D eigenvalue weighted by Crippen LogP contribution is 2.15. The van der Waals surface area contributed by atoms with E-state index in [9.17, 15) is 18.0 Å². The highest BCUT2D eigenvalue weighted by atomic mass is 19.4. The van der Waals surface area contributed by atoms with Crippen LogP contribution in [0.3, 0.4) is 0 Å². The lowest BCUT2D eigenvalue weighted by molar-refractivity contribution is -0.177. The smallest absolute Gasteiger partial charge is 0.364 e. The molecule has 0 saturated carbocycles. The van der Waals surface area contributed by atoms with Crippen LogP contribution in [0.2, 0.25) is 0 Å². The minimum atomic E-state index is -4.41. The van der Waals surface area contributed by atoms with E-state index >= 15 is 0 Å². The zero-order chi connectivity index (χ0) is 12.2. The lowest BCUT2D eigenvalue weighted by atomic mass is 10.3. The van der Waals surface area contributed by atoms with Crippen LogP contribution < -0.4 is 11.3 Å². The van der Waals surface area contributed by atoms with Gasteiger partial charge in [-0.25, -0.2) is 5.84 Å². The van der Waals surface area contributed by atoms with Gasteiger partial charge in [-0.15, -0.1) is 0 Å². The Bertz CT molecular complexity index is 363. The molecule has 0 fully saturated rings. The van der Waals surface area contributed by atoms with Crippen molar-refractivity contribution in [1.82, 2.24) is 10.6 Å². The minimum Gasteiger partial charge on any atom is -0.364 e. The molecule has 0 aliphatic carbocycles. The van der Waals surface area contributed by atoms with Crippen LogP contribution in [0.25, 0.3) is 0 Å². The lowest BCUT2D eigenvalue weighted by Crippen LogP contribution is -2.30. The average molecular weight is 239 g/mol. The molecule has 1 aromatic rings. The van der Waals surface area contributed by atoms with Gasteiger partial charge in [-0.1, -0.05) is 5.16 Å². The molecular formula is C7H8F3N3O3. The fourth-order valence-electron chi connectivity index (χ4n) is 0.829. The molecule has 0 bridgehead atoms. The monoisotopic (exact) mass is 239 g/mol. The number of amides is 1. The van der Waals surface area contributed by atoms with Crippen LogP contribution in [0, 0.1) is 0 Å². The average Bonchev–Trinajstić information content (AvgIpc) is 2.63. The molecule has 1 rings (SSSR count). The van der Waals surface area contributed by atoms with E-state index in [4.69, 9.17) is 5.84 Å². The summed E-state index contributed by atoms with van der Waals surface area (Å²) in [6, 6.07) is 1.14. The summed E-state index contributed by atoms with van der Waals surface area (Å²) in [5.74, 6) is 4.11. The summed E-state index contributed by atoms with van der Waals surface area (Å²) >= 11 is 0. The van der Waals surface area contributed by atoms with Gasteiger partial charge in [0.15, 0.2) is 11.5 Å². The van der Waals surface area contributed by atoms with Crippen LogP contribution in [-0.2, 0) is 11.3 Å². The summed E-state index contributed by atoms with van der Waals surface area (Å²) in [6.07, 6.45) is -4.41. The predicted octanol–water partition coefficient (Wildman–Crippen LogP) is 0.357. The Hall–Kier alpha value is -1.61. The van der Waals surface area contributed by atoms with Crippen molar-refractivity contribution < 1.29 is 27.2 Å². The summed E-state index contributed by atoms with van der Waals surface area (Å²) in [6.45, 7) is -1.82. The molecule has 3 N–H and O–H groups in total. The molecular weight excluding hydrogens is 231 g/mol. The lowest BCUT2D eigenvalue weighted by Gasteiger charge is -2.04. The van der Waals surface area contributed by atoms with Crippen molar-refractivity contribution in [3.63, 3.8) is 0 Å². The number of nitrogen functional groups attached to an aromatic ring is 1. The third-order valence-electron chi connectivity index (χ3n) is 1.43. The van der Waals surface area contributed by atoms with Crippen LogP contribution in [0.5, 0.6) is 0 Å². The van der Waals surface area contributed by atoms with Gasteiger partial charge in [-0.2, -0.15) is 13.2 Å². The van der Waals surface area contributed by atoms with Crippen molar-refractivity contribution >= 4 is 5.91 Å². The third kappa shape index (κ3) is 3.87. The highest BCUT2D eigenvalue weighted by Gasteiger charge is 2.27. The van der Waals surface area contributed by atoms with Gasteiger partial charge in [0, 0.05) is 6.07 Å². The topological polar surface area (TPSA) is 90.4 Å². The molecule has 1 heterocycles. The highest BCUT2D eigenvalue weighted by molar-refractivity contribution is 5.91. The molecule has 16 heavy (non-hydrogen) atoms. The molecule has 0 aromatic carbocycles. The maximum atomic E-state index is 11.7. The van der Waals surface area contributed by atoms with E-state index in [1.807, 2.05) is 0 Å². The minimum absolute atomic E-state index is 0.00264. The van der Waals surface area contributed by atoms with Gasteiger partial charge in [-0.05, 0) is 0 Å². The Labute approximate surface area is 87.5 Å². The standard InChI is InChI=1S/C7H8F3N3O3/c8-7(9,10)3-15-2-4-1-5(13-16-4)6(14)12-11/h1H,2-3,11H2,(H,12,14). The third-order valence-corrected chi connectivity index (χ3v) is 1.43. The SMILES string of the molecule is NNC(=O)c1cc(COCC(F)(F)F)on1. The number of carbonyl (C=O) groups excluding carboxylic acids is 1. The normalized spacial score (nSPS) is 11.5. The maximum absolute atomic E-state index is 11.7. The molecule has 0 spiro atoms. The second-order valence-electron chi connectivity index (χ2n) is 2.76. The largest absolute Gasteiger partial charge is 0.411 e. The van der Waals surface area contributed by atoms with E-state index in [1.54, 1.807) is 5.43 Å². The number of hydrazine groups is 1. The number of carbonyl (C=O) groups is 1. The number of halogens is 3. The van der Waals surface area contributed by atoms with E-state index in [0.29, 0.717) is 0 Å². The van der Waals surface area contributed by atoms with Gasteiger partial charge in [-0.3, -0.25) is 10.2 Å². The second-order valence-corrected chi connectivity index (χ2v) is 2.76. The van der Waals surface area contributed by atoms with Gasteiger partial charge in [0.2, 0.25) is 0 Å². The van der Waals surface area contributed by atoms with E-state index in [0.717, 1.165) is 6.07 Å². The number of nitrogens with one attached hydrogen (secondary N) is 1. The molecule has 0 atom stereocenters. The molecule has 6 nitrogen and oxygen atoms in total. The molecule has 1 amide bonds. The van der Waals surface area contributed by atoms with Crippen molar-refractivity contribution in [2.75, 3.05) is 6.61 Å². The number of alkyl halides is 3. The quantitative estimate of drug-likeness (QED) is 0.449. The van der Waals surface area contributed by atoms with Crippen LogP contribution in [-0.4, -0.2) is 23.8 Å². The number of aromatic nitrogens is 1. The van der Waals surface area contributed by atoms with Gasteiger partial charge in [0.05, 0.1) is 0 Å². The first kappa shape index (κ1) is 12.5. The van der Waals surface area contributed by atoms with Crippen LogP contribution in [0.4, 0.5) is 13.2 Å². The Morgan fingerprint density at radius 1 is 1.62 bits per heavy atom. The van der Waals surface area contributed by atoms with E-state index in [2.05, 4.69) is 14.4 Å². The molecule has 0 radical (unpaired) electrons. The molecule has 0 unspecified atom stereocenters. The summed E-state index contributed by atoms with van der Waals surface area (Å²) in [5, 5.41) is 3.27. The second kappa shape index (κ2) is 4.94. The number of hydrogen-bond acceptors (Lipinski definition) is 5.